The van der Waals surface area contributed by atoms with Crippen LogP contribution in [-0.2, 0) is 11.3 Å². The van der Waals surface area contributed by atoms with E-state index < -0.39 is 23.5 Å². The Morgan fingerprint density at radius 2 is 2.00 bits per heavy atom. The van der Waals surface area contributed by atoms with Crippen molar-refractivity contribution in [1.82, 2.24) is 14.7 Å². The molecule has 128 valence electrons. The van der Waals surface area contributed by atoms with Gasteiger partial charge in [0.2, 0.25) is 0 Å². The van der Waals surface area contributed by atoms with Gasteiger partial charge in [0.05, 0.1) is 7.11 Å². The van der Waals surface area contributed by atoms with Crippen molar-refractivity contribution in [2.45, 2.75) is 6.54 Å². The molecule has 0 spiro atoms. The van der Waals surface area contributed by atoms with Gasteiger partial charge in [-0.2, -0.15) is 0 Å². The Balaban J connectivity index is 1.84. The van der Waals surface area contributed by atoms with Crippen LogP contribution in [0.25, 0.3) is 5.65 Å². The second-order valence-corrected chi connectivity index (χ2v) is 5.19. The number of nitrogens with zero attached hydrogens (tertiary/aromatic N) is 2. The van der Waals surface area contributed by atoms with E-state index in [1.54, 1.807) is 18.3 Å². The van der Waals surface area contributed by atoms with Gasteiger partial charge in [-0.3, -0.25) is 9.20 Å². The van der Waals surface area contributed by atoms with Crippen LogP contribution >= 0.6 is 0 Å². The van der Waals surface area contributed by atoms with Gasteiger partial charge >= 0.3 is 5.97 Å². The topological polar surface area (TPSA) is 72.7 Å². The van der Waals surface area contributed by atoms with E-state index in [9.17, 15) is 18.4 Å². The summed E-state index contributed by atoms with van der Waals surface area (Å²) in [6, 6.07) is 7.97. The molecular formula is C17H13F2N3O3. The summed E-state index contributed by atoms with van der Waals surface area (Å²) >= 11 is 0. The molecule has 2 heterocycles. The maximum Gasteiger partial charge on any atom is 0.355 e. The molecule has 1 amide bonds. The van der Waals surface area contributed by atoms with Crippen molar-refractivity contribution < 1.29 is 23.1 Å². The Morgan fingerprint density at radius 3 is 2.72 bits per heavy atom. The third-order valence-electron chi connectivity index (χ3n) is 3.56. The monoisotopic (exact) mass is 345 g/mol. The van der Waals surface area contributed by atoms with Crippen LogP contribution < -0.4 is 5.32 Å². The number of carbonyl (C=O) groups excluding carboxylic acids is 2. The molecule has 0 saturated carbocycles. The molecule has 25 heavy (non-hydrogen) atoms. The molecule has 3 aromatic rings. The molecule has 0 unspecified atom stereocenters. The number of halogens is 2. The van der Waals surface area contributed by atoms with Gasteiger partial charge < -0.3 is 10.1 Å². The van der Waals surface area contributed by atoms with Crippen LogP contribution in [0.15, 0.2) is 42.6 Å². The highest BCUT2D eigenvalue weighted by atomic mass is 19.2. The summed E-state index contributed by atoms with van der Waals surface area (Å²) in [5.74, 6) is -3.12. The highest BCUT2D eigenvalue weighted by Crippen LogP contribution is 2.12. The van der Waals surface area contributed by atoms with Gasteiger partial charge in [0.15, 0.2) is 11.6 Å². The van der Waals surface area contributed by atoms with Crippen molar-refractivity contribution in [1.29, 1.82) is 0 Å². The van der Waals surface area contributed by atoms with Crippen LogP contribution in [0.5, 0.6) is 0 Å². The van der Waals surface area contributed by atoms with Crippen LogP contribution in [-0.4, -0.2) is 28.4 Å². The number of nitrogens with one attached hydrogen (secondary N) is 1. The van der Waals surface area contributed by atoms with Crippen molar-refractivity contribution in [3.63, 3.8) is 0 Å². The van der Waals surface area contributed by atoms with Crippen molar-refractivity contribution in [2.75, 3.05) is 7.11 Å². The Bertz CT molecular complexity index is 969. The Labute approximate surface area is 141 Å². The summed E-state index contributed by atoms with van der Waals surface area (Å²) in [6.45, 7) is -0.0164. The summed E-state index contributed by atoms with van der Waals surface area (Å²) in [5, 5.41) is 2.55. The molecule has 0 radical (unpaired) electrons. The number of methoxy groups -OCH3 is 1. The van der Waals surface area contributed by atoms with E-state index in [4.69, 9.17) is 4.74 Å². The molecule has 0 saturated heterocycles. The third kappa shape index (κ3) is 3.32. The van der Waals surface area contributed by atoms with E-state index in [0.717, 1.165) is 12.1 Å². The fourth-order valence-electron chi connectivity index (χ4n) is 2.32. The van der Waals surface area contributed by atoms with Crippen LogP contribution in [0.1, 0.15) is 26.5 Å². The fraction of sp³-hybridized carbons (Fsp3) is 0.118. The van der Waals surface area contributed by atoms with Gasteiger partial charge in [0.25, 0.3) is 5.91 Å². The van der Waals surface area contributed by atoms with Crippen LogP contribution in [0, 0.1) is 11.6 Å². The normalized spacial score (nSPS) is 10.7. The van der Waals surface area contributed by atoms with E-state index in [2.05, 4.69) is 10.3 Å². The Kier molecular flexibility index (Phi) is 4.42. The van der Waals surface area contributed by atoms with E-state index in [0.29, 0.717) is 11.2 Å². The van der Waals surface area contributed by atoms with Crippen LogP contribution in [0.2, 0.25) is 0 Å². The number of esters is 1. The van der Waals surface area contributed by atoms with Crippen molar-refractivity contribution >= 4 is 17.5 Å². The lowest BCUT2D eigenvalue weighted by molar-refractivity contribution is 0.0592. The molecule has 2 aromatic heterocycles. The number of fused-ring (bicyclic) bond motifs is 1. The Morgan fingerprint density at radius 1 is 1.20 bits per heavy atom. The summed E-state index contributed by atoms with van der Waals surface area (Å²) in [7, 11) is 1.24. The van der Waals surface area contributed by atoms with E-state index >= 15 is 0 Å². The zero-order chi connectivity index (χ0) is 18.0. The van der Waals surface area contributed by atoms with Crippen molar-refractivity contribution in [2.24, 2.45) is 0 Å². The first-order chi connectivity index (χ1) is 12.0. The maximum atomic E-state index is 13.2. The molecule has 8 heteroatoms. The smallest absolute Gasteiger partial charge is 0.355 e. The molecule has 0 aliphatic heterocycles. The SMILES string of the molecule is COC(=O)c1cc(C(=O)NCc2ccc(F)c(F)c2)nc2cccn12. The average molecular weight is 345 g/mol. The second-order valence-electron chi connectivity index (χ2n) is 5.19. The quantitative estimate of drug-likeness (QED) is 0.737. The highest BCUT2D eigenvalue weighted by molar-refractivity contribution is 5.96. The summed E-state index contributed by atoms with van der Waals surface area (Å²) in [6.07, 6.45) is 1.62. The number of benzene rings is 1. The number of hydrogen-bond acceptors (Lipinski definition) is 4. The Hall–Kier alpha value is -3.29. The van der Waals surface area contributed by atoms with Crippen molar-refractivity contribution in [3.05, 3.63) is 71.2 Å². The fourth-order valence-corrected chi connectivity index (χ4v) is 2.32. The zero-order valence-corrected chi connectivity index (χ0v) is 13.1. The first-order valence-corrected chi connectivity index (χ1v) is 7.28. The number of rotatable bonds is 4. The first kappa shape index (κ1) is 16.6. The molecule has 0 atom stereocenters. The number of hydrogen-bond donors (Lipinski definition) is 1. The lowest BCUT2D eigenvalue weighted by atomic mass is 10.2. The van der Waals surface area contributed by atoms with Gasteiger partial charge in [-0.15, -0.1) is 0 Å². The predicted molar refractivity (Wildman–Crippen MR) is 84.1 cm³/mol. The molecule has 0 bridgehead atoms. The third-order valence-corrected chi connectivity index (χ3v) is 3.56. The summed E-state index contributed by atoms with van der Waals surface area (Å²) < 4.78 is 32.3. The van der Waals surface area contributed by atoms with Gasteiger partial charge in [-0.05, 0) is 29.8 Å². The van der Waals surface area contributed by atoms with Gasteiger partial charge in [-0.25, -0.2) is 18.6 Å². The molecule has 3 rings (SSSR count). The molecule has 6 nitrogen and oxygen atoms in total. The average Bonchev–Trinajstić information content (AvgIpc) is 3.09. The maximum absolute atomic E-state index is 13.2. The molecular weight excluding hydrogens is 332 g/mol. The lowest BCUT2D eigenvalue weighted by Gasteiger charge is -2.09. The highest BCUT2D eigenvalue weighted by Gasteiger charge is 2.17. The first-order valence-electron chi connectivity index (χ1n) is 7.28. The number of amides is 1. The number of aromatic nitrogens is 2. The van der Waals surface area contributed by atoms with Crippen LogP contribution in [0.4, 0.5) is 8.78 Å². The molecule has 0 aliphatic carbocycles. The largest absolute Gasteiger partial charge is 0.464 e. The van der Waals surface area contributed by atoms with E-state index in [1.165, 1.54) is 23.6 Å². The minimum Gasteiger partial charge on any atom is -0.464 e. The molecule has 1 N–H and O–H groups in total. The number of carbonyl (C=O) groups is 2. The predicted octanol–water partition coefficient (Wildman–Crippen LogP) is 2.33. The van der Waals surface area contributed by atoms with Crippen molar-refractivity contribution in [3.8, 4) is 0 Å². The molecule has 0 aliphatic rings. The number of ether oxygens (including phenoxy) is 1. The summed E-state index contributed by atoms with van der Waals surface area (Å²) in [5.41, 5.74) is 0.953. The summed E-state index contributed by atoms with van der Waals surface area (Å²) in [4.78, 5) is 28.3. The minimum absolute atomic E-state index is 0.00850. The van der Waals surface area contributed by atoms with Gasteiger partial charge in [0, 0.05) is 18.8 Å². The molecule has 0 fully saturated rings. The van der Waals surface area contributed by atoms with Crippen LogP contribution in [0.3, 0.4) is 0 Å². The second kappa shape index (κ2) is 6.68. The lowest BCUT2D eigenvalue weighted by Crippen LogP contribution is -2.25. The van der Waals surface area contributed by atoms with Gasteiger partial charge in [-0.1, -0.05) is 6.07 Å². The zero-order valence-electron chi connectivity index (χ0n) is 13.1. The van der Waals surface area contributed by atoms with Gasteiger partial charge in [0.1, 0.15) is 17.0 Å². The standard InChI is InChI=1S/C17H13F2N3O3/c1-25-17(24)14-8-13(21-15-3-2-6-22(14)15)16(23)20-9-10-4-5-11(18)12(19)7-10/h2-8H,9H2,1H3,(H,20,23). The van der Waals surface area contributed by atoms with E-state index in [-0.39, 0.29) is 17.9 Å². The minimum atomic E-state index is -0.993. The molecule has 1 aromatic carbocycles. The van der Waals surface area contributed by atoms with E-state index in [1.807, 2.05) is 0 Å².